The van der Waals surface area contributed by atoms with Gasteiger partial charge in [0.25, 0.3) is 0 Å². The number of aromatic hydroxyl groups is 1. The van der Waals surface area contributed by atoms with Crippen molar-refractivity contribution < 1.29 is 38.4 Å². The number of ether oxygens (including phenoxy) is 5. The molecule has 0 unspecified atom stereocenters. The van der Waals surface area contributed by atoms with Gasteiger partial charge in [0.15, 0.2) is 0 Å². The maximum Gasteiger partial charge on any atom is 0.343 e. The normalized spacial score (nSPS) is 13.9. The zero-order valence-electron chi connectivity index (χ0n) is 20.9. The van der Waals surface area contributed by atoms with Gasteiger partial charge in [0, 0.05) is 18.4 Å². The minimum atomic E-state index is -0.555. The lowest BCUT2D eigenvalue weighted by Gasteiger charge is -2.37. The maximum absolute atomic E-state index is 12.6. The number of carbonyl (C=O) groups excluding carboxylic acids is 2. The Morgan fingerprint density at radius 2 is 1.49 bits per heavy atom. The van der Waals surface area contributed by atoms with Crippen LogP contribution in [-0.2, 0) is 9.47 Å². The Kier molecular flexibility index (Phi) is 8.43. The molecule has 4 rings (SSSR count). The fraction of sp³-hybridized carbons (Fsp3) is 0.310. The molecule has 1 aliphatic heterocycles. The van der Waals surface area contributed by atoms with Gasteiger partial charge in [-0.05, 0) is 79.2 Å². The van der Waals surface area contributed by atoms with Gasteiger partial charge < -0.3 is 28.8 Å². The van der Waals surface area contributed by atoms with Crippen LogP contribution in [0.3, 0.4) is 0 Å². The number of hydrogen-bond acceptors (Lipinski definition) is 8. The molecular formula is C29H30O8. The van der Waals surface area contributed by atoms with E-state index in [2.05, 4.69) is 6.92 Å². The van der Waals surface area contributed by atoms with Gasteiger partial charge in [0.2, 0.25) is 0 Å². The van der Waals surface area contributed by atoms with Crippen molar-refractivity contribution in [2.45, 2.75) is 20.3 Å². The highest BCUT2D eigenvalue weighted by molar-refractivity contribution is 5.92. The lowest BCUT2D eigenvalue weighted by Crippen LogP contribution is -2.43. The van der Waals surface area contributed by atoms with Crippen molar-refractivity contribution in [2.24, 2.45) is 5.41 Å². The standard InChI is InChI=1S/C29H30O8/c1-20-16-25(12-13-26(20)37-28(32)21-4-8-23(30)9-5-21)36-27(31)22-6-10-24(11-7-22)35-15-3-14-33-17-29(2)18-34-19-29/h4-13,16,30H,3,14-15,17-19H2,1-2H3. The van der Waals surface area contributed by atoms with Gasteiger partial charge in [-0.2, -0.15) is 0 Å². The number of esters is 2. The Labute approximate surface area is 215 Å². The molecule has 1 heterocycles. The molecule has 1 N–H and O–H groups in total. The SMILES string of the molecule is Cc1cc(OC(=O)c2ccc(OCCCOCC3(C)COC3)cc2)ccc1OC(=O)c1ccc(O)cc1. The van der Waals surface area contributed by atoms with Gasteiger partial charge in [-0.3, -0.25) is 0 Å². The van der Waals surface area contributed by atoms with Crippen LogP contribution in [0, 0.1) is 12.3 Å². The maximum atomic E-state index is 12.6. The van der Waals surface area contributed by atoms with E-state index in [0.29, 0.717) is 53.8 Å². The number of rotatable bonds is 11. The molecule has 194 valence electrons. The zero-order valence-corrected chi connectivity index (χ0v) is 20.9. The van der Waals surface area contributed by atoms with Crippen LogP contribution in [-0.4, -0.2) is 50.1 Å². The zero-order chi connectivity index (χ0) is 26.3. The third-order valence-corrected chi connectivity index (χ3v) is 5.81. The fourth-order valence-electron chi connectivity index (χ4n) is 3.61. The molecule has 1 aliphatic rings. The van der Waals surface area contributed by atoms with Crippen LogP contribution in [0.5, 0.6) is 23.0 Å². The number of hydrogen-bond donors (Lipinski definition) is 1. The van der Waals surface area contributed by atoms with Gasteiger partial charge in [0.05, 0.1) is 37.6 Å². The van der Waals surface area contributed by atoms with Crippen molar-refractivity contribution in [1.82, 2.24) is 0 Å². The highest BCUT2D eigenvalue weighted by Crippen LogP contribution is 2.27. The van der Waals surface area contributed by atoms with Crippen LogP contribution >= 0.6 is 0 Å². The predicted molar refractivity (Wildman–Crippen MR) is 136 cm³/mol. The summed E-state index contributed by atoms with van der Waals surface area (Å²) in [7, 11) is 0. The highest BCUT2D eigenvalue weighted by atomic mass is 16.5. The molecule has 1 fully saturated rings. The monoisotopic (exact) mass is 506 g/mol. The Morgan fingerprint density at radius 3 is 2.11 bits per heavy atom. The van der Waals surface area contributed by atoms with Gasteiger partial charge in [-0.25, -0.2) is 9.59 Å². The summed E-state index contributed by atoms with van der Waals surface area (Å²) in [4.78, 5) is 24.9. The molecule has 1 saturated heterocycles. The lowest BCUT2D eigenvalue weighted by atomic mass is 9.90. The molecule has 0 radical (unpaired) electrons. The summed E-state index contributed by atoms with van der Waals surface area (Å²) < 4.78 is 27.5. The number of phenolic OH excluding ortho intramolecular Hbond substituents is 1. The molecule has 3 aromatic rings. The second kappa shape index (κ2) is 11.9. The number of aryl methyl sites for hydroxylation is 1. The molecule has 3 aromatic carbocycles. The summed E-state index contributed by atoms with van der Waals surface area (Å²) in [5, 5.41) is 9.35. The summed E-state index contributed by atoms with van der Waals surface area (Å²) >= 11 is 0. The largest absolute Gasteiger partial charge is 0.508 e. The first kappa shape index (κ1) is 26.2. The third-order valence-electron chi connectivity index (χ3n) is 5.81. The first-order valence-corrected chi connectivity index (χ1v) is 12.0. The lowest BCUT2D eigenvalue weighted by molar-refractivity contribution is -0.138. The molecule has 0 aliphatic carbocycles. The quantitative estimate of drug-likeness (QED) is 0.221. The number of carbonyl (C=O) groups is 2. The molecule has 0 saturated carbocycles. The van der Waals surface area contributed by atoms with E-state index in [1.807, 2.05) is 0 Å². The first-order valence-electron chi connectivity index (χ1n) is 12.0. The van der Waals surface area contributed by atoms with Crippen LogP contribution in [0.1, 0.15) is 39.6 Å². The van der Waals surface area contributed by atoms with E-state index < -0.39 is 11.9 Å². The van der Waals surface area contributed by atoms with E-state index in [1.165, 1.54) is 24.3 Å². The molecule has 37 heavy (non-hydrogen) atoms. The Morgan fingerprint density at radius 1 is 0.865 bits per heavy atom. The Balaban J connectivity index is 1.22. The average molecular weight is 507 g/mol. The number of phenols is 1. The van der Waals surface area contributed by atoms with E-state index >= 15 is 0 Å². The van der Waals surface area contributed by atoms with Crippen molar-refractivity contribution in [3.05, 3.63) is 83.4 Å². The molecule has 0 atom stereocenters. The molecular weight excluding hydrogens is 476 g/mol. The summed E-state index contributed by atoms with van der Waals surface area (Å²) in [6, 6.07) is 17.3. The minimum Gasteiger partial charge on any atom is -0.508 e. The van der Waals surface area contributed by atoms with Crippen LogP contribution < -0.4 is 14.2 Å². The molecule has 0 amide bonds. The van der Waals surface area contributed by atoms with Crippen molar-refractivity contribution in [2.75, 3.05) is 33.0 Å². The van der Waals surface area contributed by atoms with Gasteiger partial charge in [0.1, 0.15) is 23.0 Å². The first-order chi connectivity index (χ1) is 17.8. The third kappa shape index (κ3) is 7.31. The molecule has 8 heteroatoms. The van der Waals surface area contributed by atoms with Crippen LogP contribution in [0.4, 0.5) is 0 Å². The summed E-state index contributed by atoms with van der Waals surface area (Å²) in [5.74, 6) is 0.326. The molecule has 0 aromatic heterocycles. The van der Waals surface area contributed by atoms with E-state index in [4.69, 9.17) is 23.7 Å². The Hall–Kier alpha value is -3.88. The topological polar surface area (TPSA) is 101 Å². The van der Waals surface area contributed by atoms with Crippen LogP contribution in [0.25, 0.3) is 0 Å². The van der Waals surface area contributed by atoms with Crippen molar-refractivity contribution in [3.63, 3.8) is 0 Å². The second-order valence-corrected chi connectivity index (χ2v) is 9.34. The Bertz CT molecular complexity index is 1210. The fourth-order valence-corrected chi connectivity index (χ4v) is 3.61. The predicted octanol–water partition coefficient (Wildman–Crippen LogP) is 4.96. The van der Waals surface area contributed by atoms with E-state index in [1.54, 1.807) is 49.4 Å². The molecule has 8 nitrogen and oxygen atoms in total. The second-order valence-electron chi connectivity index (χ2n) is 9.34. The van der Waals surface area contributed by atoms with Crippen molar-refractivity contribution >= 4 is 11.9 Å². The number of benzene rings is 3. The summed E-state index contributed by atoms with van der Waals surface area (Å²) in [5.41, 5.74) is 1.46. The van der Waals surface area contributed by atoms with Crippen LogP contribution in [0.15, 0.2) is 66.7 Å². The van der Waals surface area contributed by atoms with Crippen molar-refractivity contribution in [3.8, 4) is 23.0 Å². The van der Waals surface area contributed by atoms with E-state index in [-0.39, 0.29) is 11.2 Å². The molecule has 0 spiro atoms. The van der Waals surface area contributed by atoms with Gasteiger partial charge >= 0.3 is 11.9 Å². The van der Waals surface area contributed by atoms with Gasteiger partial charge in [-0.15, -0.1) is 0 Å². The summed E-state index contributed by atoms with van der Waals surface area (Å²) in [6.45, 7) is 7.22. The smallest absolute Gasteiger partial charge is 0.343 e. The van der Waals surface area contributed by atoms with Crippen LogP contribution in [0.2, 0.25) is 0 Å². The molecule has 0 bridgehead atoms. The van der Waals surface area contributed by atoms with E-state index in [0.717, 1.165) is 19.6 Å². The van der Waals surface area contributed by atoms with Gasteiger partial charge in [-0.1, -0.05) is 6.92 Å². The summed E-state index contributed by atoms with van der Waals surface area (Å²) in [6.07, 6.45) is 0.764. The average Bonchev–Trinajstić information content (AvgIpc) is 2.87. The minimum absolute atomic E-state index is 0.0620. The van der Waals surface area contributed by atoms with Crippen molar-refractivity contribution in [1.29, 1.82) is 0 Å². The van der Waals surface area contributed by atoms with E-state index in [9.17, 15) is 14.7 Å². The highest BCUT2D eigenvalue weighted by Gasteiger charge is 2.33.